The molecule has 0 unspecified atom stereocenters. The summed E-state index contributed by atoms with van der Waals surface area (Å²) in [5.41, 5.74) is 2.46. The predicted molar refractivity (Wildman–Crippen MR) is 164 cm³/mol. The molecule has 0 atom stereocenters. The molecule has 0 spiro atoms. The summed E-state index contributed by atoms with van der Waals surface area (Å²) in [4.78, 5) is 0. The van der Waals surface area contributed by atoms with E-state index in [-0.39, 0.29) is 12.5 Å². The lowest BCUT2D eigenvalue weighted by molar-refractivity contribution is -0.249. The molecule has 0 aliphatic heterocycles. The van der Waals surface area contributed by atoms with Crippen molar-refractivity contribution in [2.24, 2.45) is 11.8 Å². The Morgan fingerprint density at radius 2 is 1.24 bits per heavy atom. The van der Waals surface area contributed by atoms with Gasteiger partial charge in [-0.25, -0.2) is 4.39 Å². The molecule has 2 fully saturated rings. The first-order valence-electron chi connectivity index (χ1n) is 16.0. The molecular weight excluding hydrogens is 517 g/mol. The summed E-state index contributed by atoms with van der Waals surface area (Å²) < 4.78 is 49.6. The molecule has 0 amide bonds. The van der Waals surface area contributed by atoms with Crippen LogP contribution in [0.15, 0.2) is 66.8 Å². The summed E-state index contributed by atoms with van der Waals surface area (Å²) in [6.45, 7) is 3.96. The predicted octanol–water partition coefficient (Wildman–Crippen LogP) is 11.4. The normalized spacial score (nSPS) is 23.9. The van der Waals surface area contributed by atoms with Crippen molar-refractivity contribution >= 4 is 0 Å². The Morgan fingerprint density at radius 3 is 1.76 bits per heavy atom. The average molecular weight is 567 g/mol. The highest BCUT2D eigenvalue weighted by molar-refractivity contribution is 5.29. The third-order valence-electron chi connectivity index (χ3n) is 9.55. The van der Waals surface area contributed by atoms with Crippen molar-refractivity contribution in [2.45, 2.75) is 115 Å². The van der Waals surface area contributed by atoms with E-state index in [2.05, 4.69) is 43.4 Å². The van der Waals surface area contributed by atoms with Crippen molar-refractivity contribution in [2.75, 3.05) is 6.61 Å². The fourth-order valence-electron chi connectivity index (χ4n) is 6.92. The van der Waals surface area contributed by atoms with Gasteiger partial charge in [-0.1, -0.05) is 54.6 Å². The van der Waals surface area contributed by atoms with Crippen molar-refractivity contribution in [3.05, 3.63) is 94.8 Å². The van der Waals surface area contributed by atoms with Crippen molar-refractivity contribution in [3.63, 3.8) is 0 Å². The van der Waals surface area contributed by atoms with Gasteiger partial charge in [-0.3, -0.25) is 0 Å². The second-order valence-electron chi connectivity index (χ2n) is 12.3. The van der Waals surface area contributed by atoms with Crippen molar-refractivity contribution in [1.82, 2.24) is 0 Å². The SMILES string of the molecule is C/C=C/CCC1CCC(c2ccc(CCOC(F)(F)c3ccc(C4CCC(CC/C=C/C)CC4)cc3F)cc2)CC1. The van der Waals surface area contributed by atoms with Gasteiger partial charge in [0.1, 0.15) is 5.82 Å². The Bertz CT molecular complexity index is 1100. The number of alkyl halides is 2. The Balaban J connectivity index is 1.22. The van der Waals surface area contributed by atoms with Crippen LogP contribution in [0.5, 0.6) is 0 Å². The lowest BCUT2D eigenvalue weighted by Crippen LogP contribution is -2.22. The summed E-state index contributed by atoms with van der Waals surface area (Å²) >= 11 is 0. The monoisotopic (exact) mass is 566 g/mol. The van der Waals surface area contributed by atoms with Crippen molar-refractivity contribution in [3.8, 4) is 0 Å². The smallest absolute Gasteiger partial charge is 0.316 e. The molecule has 4 heteroatoms. The molecule has 224 valence electrons. The lowest BCUT2D eigenvalue weighted by atomic mass is 9.77. The fourth-order valence-corrected chi connectivity index (χ4v) is 6.92. The molecule has 0 radical (unpaired) electrons. The molecule has 2 saturated carbocycles. The highest BCUT2D eigenvalue weighted by Crippen LogP contribution is 2.40. The van der Waals surface area contributed by atoms with E-state index >= 15 is 0 Å². The fraction of sp³-hybridized carbons (Fsp3) is 0.568. The molecule has 2 aliphatic rings. The van der Waals surface area contributed by atoms with Crippen molar-refractivity contribution < 1.29 is 17.9 Å². The molecule has 41 heavy (non-hydrogen) atoms. The molecule has 0 saturated heterocycles. The minimum Gasteiger partial charge on any atom is -0.316 e. The second kappa shape index (κ2) is 15.8. The van der Waals surface area contributed by atoms with Crippen LogP contribution in [0.2, 0.25) is 0 Å². The molecule has 2 aromatic carbocycles. The standard InChI is InChI=1S/C37H49F3O/c1-3-5-7-9-28-11-17-31(18-12-28)32-19-15-30(16-20-32)25-26-41-37(39,40)35-24-23-34(27-36(35)38)33-21-13-29(14-22-33)10-8-6-4-2/h3-6,15-16,19-20,23-24,27-29,31,33H,7-14,17-18,21-22,25-26H2,1-2H3/b5-3+,6-4+. The molecule has 2 aliphatic carbocycles. The van der Waals surface area contributed by atoms with E-state index in [9.17, 15) is 13.2 Å². The summed E-state index contributed by atoms with van der Waals surface area (Å²) in [6, 6.07) is 12.6. The van der Waals surface area contributed by atoms with Crippen LogP contribution in [0.4, 0.5) is 13.2 Å². The maximum atomic E-state index is 14.9. The van der Waals surface area contributed by atoms with Crippen LogP contribution in [0, 0.1) is 17.7 Å². The average Bonchev–Trinajstić information content (AvgIpc) is 2.98. The maximum absolute atomic E-state index is 14.9. The Kier molecular flexibility index (Phi) is 12.2. The van der Waals surface area contributed by atoms with Crippen LogP contribution in [0.1, 0.15) is 125 Å². The zero-order valence-electron chi connectivity index (χ0n) is 25.1. The van der Waals surface area contributed by atoms with E-state index < -0.39 is 17.5 Å². The zero-order chi connectivity index (χ0) is 29.1. The maximum Gasteiger partial charge on any atom is 0.386 e. The number of hydrogen-bond acceptors (Lipinski definition) is 1. The lowest BCUT2D eigenvalue weighted by Gasteiger charge is -2.29. The zero-order valence-corrected chi connectivity index (χ0v) is 25.1. The number of rotatable bonds is 13. The van der Waals surface area contributed by atoms with Gasteiger partial charge in [-0.15, -0.1) is 0 Å². The van der Waals surface area contributed by atoms with Crippen LogP contribution in [-0.4, -0.2) is 6.61 Å². The molecule has 0 bridgehead atoms. The van der Waals surface area contributed by atoms with E-state index in [0.717, 1.165) is 49.1 Å². The van der Waals surface area contributed by atoms with E-state index in [0.29, 0.717) is 18.3 Å². The highest BCUT2D eigenvalue weighted by Gasteiger charge is 2.36. The van der Waals surface area contributed by atoms with Gasteiger partial charge in [0.05, 0.1) is 12.2 Å². The minimum atomic E-state index is -3.65. The highest BCUT2D eigenvalue weighted by atomic mass is 19.3. The topological polar surface area (TPSA) is 9.23 Å². The summed E-state index contributed by atoms with van der Waals surface area (Å²) in [7, 11) is 0. The number of benzene rings is 2. The second-order valence-corrected chi connectivity index (χ2v) is 12.3. The molecule has 0 N–H and O–H groups in total. The van der Waals surface area contributed by atoms with E-state index in [4.69, 9.17) is 4.74 Å². The Morgan fingerprint density at radius 1 is 0.732 bits per heavy atom. The van der Waals surface area contributed by atoms with Crippen LogP contribution < -0.4 is 0 Å². The first kappa shape index (κ1) is 31.6. The van der Waals surface area contributed by atoms with Gasteiger partial charge in [0, 0.05) is 0 Å². The first-order valence-corrected chi connectivity index (χ1v) is 16.0. The number of halogens is 3. The van der Waals surface area contributed by atoms with Crippen LogP contribution in [0.25, 0.3) is 0 Å². The Hall–Kier alpha value is -2.33. The van der Waals surface area contributed by atoms with Gasteiger partial charge in [-0.05, 0) is 150 Å². The van der Waals surface area contributed by atoms with Gasteiger partial charge >= 0.3 is 6.11 Å². The third kappa shape index (κ3) is 9.33. The number of hydrogen-bond donors (Lipinski definition) is 0. The number of allylic oxidation sites excluding steroid dienone is 4. The van der Waals surface area contributed by atoms with Crippen LogP contribution >= 0.6 is 0 Å². The van der Waals surface area contributed by atoms with Crippen LogP contribution in [0.3, 0.4) is 0 Å². The molecule has 1 nitrogen and oxygen atoms in total. The Labute approximate surface area is 246 Å². The van der Waals surface area contributed by atoms with Gasteiger partial charge in [0.25, 0.3) is 0 Å². The molecular formula is C37H49F3O. The van der Waals surface area contributed by atoms with E-state index in [1.807, 2.05) is 19.1 Å². The molecule has 4 rings (SSSR count). The van der Waals surface area contributed by atoms with Gasteiger partial charge < -0.3 is 4.74 Å². The largest absolute Gasteiger partial charge is 0.386 e. The van der Waals surface area contributed by atoms with Gasteiger partial charge in [0.2, 0.25) is 0 Å². The third-order valence-corrected chi connectivity index (χ3v) is 9.55. The van der Waals surface area contributed by atoms with E-state index in [1.54, 1.807) is 6.07 Å². The van der Waals surface area contributed by atoms with Gasteiger partial charge in [-0.2, -0.15) is 8.78 Å². The molecule has 0 heterocycles. The molecule has 0 aromatic heterocycles. The summed E-state index contributed by atoms with van der Waals surface area (Å²) in [6.07, 6.45) is 19.4. The molecule has 2 aromatic rings. The van der Waals surface area contributed by atoms with Crippen molar-refractivity contribution in [1.29, 1.82) is 0 Å². The number of ether oxygens (including phenoxy) is 1. The minimum absolute atomic E-state index is 0.165. The van der Waals surface area contributed by atoms with E-state index in [1.165, 1.54) is 62.6 Å². The van der Waals surface area contributed by atoms with Crippen LogP contribution in [-0.2, 0) is 17.3 Å². The first-order chi connectivity index (χ1) is 19.9. The summed E-state index contributed by atoms with van der Waals surface area (Å²) in [5, 5.41) is 0. The summed E-state index contributed by atoms with van der Waals surface area (Å²) in [5.74, 6) is 1.50. The van der Waals surface area contributed by atoms with Gasteiger partial charge in [0.15, 0.2) is 0 Å². The quantitative estimate of drug-likeness (QED) is 0.219.